The van der Waals surface area contributed by atoms with Crippen molar-refractivity contribution in [3.05, 3.63) is 216 Å². The molecular formula is C56H44N2. The first-order chi connectivity index (χ1) is 28.3. The molecule has 0 heterocycles. The van der Waals surface area contributed by atoms with Crippen molar-refractivity contribution in [2.45, 2.75) is 38.5 Å². The topological polar surface area (TPSA) is 6.48 Å². The third-order valence-corrected chi connectivity index (χ3v) is 12.9. The first-order valence-electron chi connectivity index (χ1n) is 20.4. The molecule has 0 unspecified atom stereocenters. The van der Waals surface area contributed by atoms with Gasteiger partial charge in [0.1, 0.15) is 0 Å². The van der Waals surface area contributed by atoms with E-state index in [4.69, 9.17) is 0 Å². The largest absolute Gasteiger partial charge is 0.310 e. The number of anilines is 6. The van der Waals surface area contributed by atoms with Gasteiger partial charge in [0.15, 0.2) is 0 Å². The number of rotatable bonds is 6. The second kappa shape index (κ2) is 12.8. The minimum absolute atomic E-state index is 0.184. The predicted molar refractivity (Wildman–Crippen MR) is 246 cm³/mol. The van der Waals surface area contributed by atoms with E-state index in [2.05, 4.69) is 232 Å². The van der Waals surface area contributed by atoms with E-state index in [9.17, 15) is 0 Å². The third kappa shape index (κ3) is 5.18. The molecule has 0 saturated carbocycles. The lowest BCUT2D eigenvalue weighted by Crippen LogP contribution is -2.24. The van der Waals surface area contributed by atoms with E-state index in [1.54, 1.807) is 0 Å². The molecule has 0 N–H and O–H groups in total. The zero-order chi connectivity index (χ0) is 39.2. The zero-order valence-electron chi connectivity index (χ0n) is 33.4. The Balaban J connectivity index is 1.02. The van der Waals surface area contributed by atoms with E-state index in [1.165, 1.54) is 66.1 Å². The van der Waals surface area contributed by atoms with Crippen LogP contribution in [0.3, 0.4) is 0 Å². The fraction of sp³-hybridized carbons (Fsp3) is 0.107. The molecule has 0 aromatic heterocycles. The Kier molecular flexibility index (Phi) is 7.59. The Labute approximate surface area is 341 Å². The molecule has 2 heteroatoms. The van der Waals surface area contributed by atoms with Crippen molar-refractivity contribution in [1.29, 1.82) is 0 Å². The Morgan fingerprint density at radius 1 is 0.276 bits per heavy atom. The number of fused-ring (bicyclic) bond motifs is 9. The summed E-state index contributed by atoms with van der Waals surface area (Å²) in [6.45, 7) is 9.77. The molecule has 58 heavy (non-hydrogen) atoms. The fourth-order valence-corrected chi connectivity index (χ4v) is 10.2. The molecule has 0 spiro atoms. The molecule has 2 aliphatic carbocycles. The summed E-state index contributed by atoms with van der Waals surface area (Å²) in [5, 5.41) is 5.04. The van der Waals surface area contributed by atoms with Gasteiger partial charge in [-0.15, -0.1) is 0 Å². The summed E-state index contributed by atoms with van der Waals surface area (Å²) >= 11 is 0. The summed E-state index contributed by atoms with van der Waals surface area (Å²) in [5.74, 6) is 0. The van der Waals surface area contributed by atoms with Gasteiger partial charge in [-0.1, -0.05) is 125 Å². The summed E-state index contributed by atoms with van der Waals surface area (Å²) in [4.78, 5) is 4.71. The monoisotopic (exact) mass is 744 g/mol. The fourth-order valence-electron chi connectivity index (χ4n) is 10.2. The molecule has 278 valence electrons. The average Bonchev–Trinajstić information content (AvgIpc) is 3.61. The molecule has 0 aliphatic heterocycles. The van der Waals surface area contributed by atoms with Crippen molar-refractivity contribution in [2.75, 3.05) is 9.80 Å². The Morgan fingerprint density at radius 2 is 0.603 bits per heavy atom. The van der Waals surface area contributed by atoms with Gasteiger partial charge in [-0.25, -0.2) is 0 Å². The van der Waals surface area contributed by atoms with Gasteiger partial charge in [-0.3, -0.25) is 0 Å². The van der Waals surface area contributed by atoms with Crippen LogP contribution in [0.15, 0.2) is 194 Å². The lowest BCUT2D eigenvalue weighted by atomic mass is 9.72. The van der Waals surface area contributed by atoms with Crippen molar-refractivity contribution in [3.63, 3.8) is 0 Å². The number of para-hydroxylation sites is 4. The molecule has 0 amide bonds. The second-order valence-corrected chi connectivity index (χ2v) is 17.0. The molecule has 0 saturated heterocycles. The van der Waals surface area contributed by atoms with Crippen LogP contribution >= 0.6 is 0 Å². The van der Waals surface area contributed by atoms with Crippen LogP contribution in [0.2, 0.25) is 0 Å². The molecule has 9 aromatic rings. The quantitative estimate of drug-likeness (QED) is 0.167. The average molecular weight is 745 g/mol. The highest BCUT2D eigenvalue weighted by Gasteiger charge is 2.46. The summed E-state index contributed by atoms with van der Waals surface area (Å²) in [5.41, 5.74) is 17.7. The van der Waals surface area contributed by atoms with Gasteiger partial charge in [0.25, 0.3) is 0 Å². The Morgan fingerprint density at radius 3 is 0.931 bits per heavy atom. The first-order valence-corrected chi connectivity index (χ1v) is 20.4. The van der Waals surface area contributed by atoms with Gasteiger partial charge in [0.05, 0.1) is 0 Å². The normalized spacial score (nSPS) is 14.1. The highest BCUT2D eigenvalue weighted by atomic mass is 15.1. The van der Waals surface area contributed by atoms with E-state index < -0.39 is 0 Å². The molecule has 2 nitrogen and oxygen atoms in total. The van der Waals surface area contributed by atoms with Gasteiger partial charge in [-0.2, -0.15) is 0 Å². The summed E-state index contributed by atoms with van der Waals surface area (Å²) < 4.78 is 0. The zero-order valence-corrected chi connectivity index (χ0v) is 33.4. The third-order valence-electron chi connectivity index (χ3n) is 12.9. The SMILES string of the molecule is CC1(C)c2cc3cc(N(c4ccccc4)c4ccccc4)ccc3cc2-c2ccc3c(c21)C(C)(C)c1cc2cc(N(c4ccccc4)c4ccccc4)ccc2cc1-3. The maximum Gasteiger partial charge on any atom is 0.0468 e. The number of hydrogen-bond donors (Lipinski definition) is 0. The molecule has 9 aromatic carbocycles. The minimum Gasteiger partial charge on any atom is -0.310 e. The lowest BCUT2D eigenvalue weighted by Gasteiger charge is -2.31. The van der Waals surface area contributed by atoms with Gasteiger partial charge in [-0.05, 0) is 163 Å². The highest BCUT2D eigenvalue weighted by molar-refractivity contribution is 6.01. The van der Waals surface area contributed by atoms with Crippen molar-refractivity contribution >= 4 is 55.7 Å². The Bertz CT molecular complexity index is 2750. The van der Waals surface area contributed by atoms with Crippen LogP contribution in [0.5, 0.6) is 0 Å². The Hall–Kier alpha value is -6.90. The molecule has 0 fully saturated rings. The van der Waals surface area contributed by atoms with Crippen LogP contribution in [0.25, 0.3) is 43.8 Å². The van der Waals surface area contributed by atoms with Crippen LogP contribution < -0.4 is 9.80 Å². The van der Waals surface area contributed by atoms with Crippen molar-refractivity contribution in [3.8, 4) is 22.3 Å². The van der Waals surface area contributed by atoms with Crippen LogP contribution in [0, 0.1) is 0 Å². The predicted octanol–water partition coefficient (Wildman–Crippen LogP) is 15.5. The van der Waals surface area contributed by atoms with E-state index in [0.29, 0.717) is 0 Å². The summed E-state index contributed by atoms with van der Waals surface area (Å²) in [6.07, 6.45) is 0. The molecule has 11 rings (SSSR count). The van der Waals surface area contributed by atoms with Crippen molar-refractivity contribution in [2.24, 2.45) is 0 Å². The maximum absolute atomic E-state index is 2.48. The van der Waals surface area contributed by atoms with Gasteiger partial charge >= 0.3 is 0 Å². The van der Waals surface area contributed by atoms with Gasteiger partial charge in [0, 0.05) is 45.0 Å². The summed E-state index contributed by atoms with van der Waals surface area (Å²) in [7, 11) is 0. The van der Waals surface area contributed by atoms with Crippen LogP contribution in [0.4, 0.5) is 34.1 Å². The molecule has 2 aliphatic rings. The lowest BCUT2D eigenvalue weighted by molar-refractivity contribution is 0.602. The maximum atomic E-state index is 2.48. The van der Waals surface area contributed by atoms with E-state index in [1.807, 2.05) is 0 Å². The summed E-state index contributed by atoms with van der Waals surface area (Å²) in [6, 6.07) is 71.3. The smallest absolute Gasteiger partial charge is 0.0468 e. The molecule has 0 radical (unpaired) electrons. The van der Waals surface area contributed by atoms with E-state index in [-0.39, 0.29) is 10.8 Å². The standard InChI is InChI=1S/C56H44N2/c1-55(2)51-35-39-31-45(57(41-17-9-5-10-18-41)42-19-11-6-12-20-42)27-25-37(39)33-49(51)47-29-30-48-50-34-38-26-28-46(32-40(38)36-52(50)56(3,4)54(48)53(47)55)58(43-21-13-7-14-22-43)44-23-15-8-16-24-44/h5-36H,1-4H3. The van der Waals surface area contributed by atoms with E-state index >= 15 is 0 Å². The minimum atomic E-state index is -0.184. The number of nitrogens with zero attached hydrogens (tertiary/aromatic N) is 2. The van der Waals surface area contributed by atoms with Crippen LogP contribution in [-0.4, -0.2) is 0 Å². The van der Waals surface area contributed by atoms with Crippen LogP contribution in [-0.2, 0) is 10.8 Å². The van der Waals surface area contributed by atoms with Crippen molar-refractivity contribution < 1.29 is 0 Å². The second-order valence-electron chi connectivity index (χ2n) is 17.0. The first kappa shape index (κ1) is 34.4. The molecular weight excluding hydrogens is 701 g/mol. The van der Waals surface area contributed by atoms with E-state index in [0.717, 1.165) is 34.1 Å². The van der Waals surface area contributed by atoms with Gasteiger partial charge in [0.2, 0.25) is 0 Å². The number of hydrogen-bond acceptors (Lipinski definition) is 2. The van der Waals surface area contributed by atoms with Crippen molar-refractivity contribution in [1.82, 2.24) is 0 Å². The number of benzene rings is 9. The van der Waals surface area contributed by atoms with Crippen LogP contribution in [0.1, 0.15) is 49.9 Å². The highest BCUT2D eigenvalue weighted by Crippen LogP contribution is 2.60. The molecule has 0 atom stereocenters. The molecule has 0 bridgehead atoms. The van der Waals surface area contributed by atoms with Gasteiger partial charge < -0.3 is 9.80 Å².